The number of rotatable bonds is 6. The number of carbonyl (C=O) groups excluding carboxylic acids is 1. The molecular weight excluding hydrogens is 454 g/mol. The van der Waals surface area contributed by atoms with E-state index in [4.69, 9.17) is 14.5 Å². The van der Waals surface area contributed by atoms with E-state index in [-0.39, 0.29) is 12.5 Å². The van der Waals surface area contributed by atoms with Crippen molar-refractivity contribution in [1.82, 2.24) is 9.88 Å². The van der Waals surface area contributed by atoms with Crippen LogP contribution in [0.1, 0.15) is 6.92 Å². The molecular formula is C21H22BrN3O3S. The SMILES string of the molecule is CCOc1ccc(OCC(=O)N2CCN(c3nc4ccc(Br)cc4s3)CC2)cc1. The van der Waals surface area contributed by atoms with E-state index in [0.717, 1.165) is 38.7 Å². The average molecular weight is 476 g/mol. The lowest BCUT2D eigenvalue weighted by Crippen LogP contribution is -2.50. The number of amides is 1. The summed E-state index contributed by atoms with van der Waals surface area (Å²) in [7, 11) is 0. The van der Waals surface area contributed by atoms with Gasteiger partial charge in [0.25, 0.3) is 5.91 Å². The van der Waals surface area contributed by atoms with Crippen LogP contribution in [0.3, 0.4) is 0 Å². The molecule has 1 fully saturated rings. The van der Waals surface area contributed by atoms with Crippen molar-refractivity contribution < 1.29 is 14.3 Å². The lowest BCUT2D eigenvalue weighted by atomic mass is 10.3. The van der Waals surface area contributed by atoms with Gasteiger partial charge in [0, 0.05) is 30.7 Å². The first-order valence-electron chi connectivity index (χ1n) is 9.57. The summed E-state index contributed by atoms with van der Waals surface area (Å²) in [5.41, 5.74) is 1.01. The van der Waals surface area contributed by atoms with Gasteiger partial charge in [-0.1, -0.05) is 27.3 Å². The first-order chi connectivity index (χ1) is 14.1. The van der Waals surface area contributed by atoms with E-state index >= 15 is 0 Å². The Hall–Kier alpha value is -2.32. The number of carbonyl (C=O) groups is 1. The number of fused-ring (bicyclic) bond motifs is 1. The van der Waals surface area contributed by atoms with E-state index in [0.29, 0.717) is 25.4 Å². The number of halogens is 1. The number of anilines is 1. The van der Waals surface area contributed by atoms with Crippen LogP contribution >= 0.6 is 27.3 Å². The maximum atomic E-state index is 12.5. The number of nitrogens with zero attached hydrogens (tertiary/aromatic N) is 3. The minimum atomic E-state index is 0.00626. The first kappa shape index (κ1) is 20.0. The maximum Gasteiger partial charge on any atom is 0.260 e. The zero-order chi connectivity index (χ0) is 20.2. The molecule has 0 aliphatic carbocycles. The molecule has 1 saturated heterocycles. The van der Waals surface area contributed by atoms with Crippen LogP contribution < -0.4 is 14.4 Å². The third-order valence-corrected chi connectivity index (χ3v) is 6.31. The molecule has 6 nitrogen and oxygen atoms in total. The second-order valence-corrected chi connectivity index (χ2v) is 8.59. The van der Waals surface area contributed by atoms with Gasteiger partial charge in [-0.05, 0) is 49.4 Å². The summed E-state index contributed by atoms with van der Waals surface area (Å²) in [5, 5.41) is 1.01. The van der Waals surface area contributed by atoms with Gasteiger partial charge in [-0.25, -0.2) is 4.98 Å². The Morgan fingerprint density at radius 2 is 1.76 bits per heavy atom. The summed E-state index contributed by atoms with van der Waals surface area (Å²) in [5.74, 6) is 1.47. The molecule has 0 bridgehead atoms. The van der Waals surface area contributed by atoms with Crippen molar-refractivity contribution in [2.24, 2.45) is 0 Å². The second kappa shape index (κ2) is 9.00. The number of aromatic nitrogens is 1. The van der Waals surface area contributed by atoms with Crippen molar-refractivity contribution in [2.45, 2.75) is 6.92 Å². The van der Waals surface area contributed by atoms with Gasteiger partial charge in [0.1, 0.15) is 11.5 Å². The number of hydrogen-bond acceptors (Lipinski definition) is 6. The summed E-state index contributed by atoms with van der Waals surface area (Å²) in [6, 6.07) is 13.5. The van der Waals surface area contributed by atoms with E-state index < -0.39 is 0 Å². The predicted octanol–water partition coefficient (Wildman–Crippen LogP) is 4.19. The van der Waals surface area contributed by atoms with E-state index in [2.05, 4.69) is 26.9 Å². The molecule has 0 atom stereocenters. The van der Waals surface area contributed by atoms with Crippen molar-refractivity contribution >= 4 is 48.5 Å². The molecule has 1 aliphatic heterocycles. The fraction of sp³-hybridized carbons (Fsp3) is 0.333. The van der Waals surface area contributed by atoms with Gasteiger partial charge in [0.15, 0.2) is 11.7 Å². The van der Waals surface area contributed by atoms with Crippen molar-refractivity contribution in [3.8, 4) is 11.5 Å². The third-order valence-electron chi connectivity index (χ3n) is 4.74. The summed E-state index contributed by atoms with van der Waals surface area (Å²) in [4.78, 5) is 21.3. The summed E-state index contributed by atoms with van der Waals surface area (Å²) >= 11 is 5.19. The largest absolute Gasteiger partial charge is 0.494 e. The maximum absolute atomic E-state index is 12.5. The van der Waals surface area contributed by atoms with Crippen LogP contribution in [0.5, 0.6) is 11.5 Å². The number of benzene rings is 2. The fourth-order valence-electron chi connectivity index (χ4n) is 3.20. The molecule has 0 radical (unpaired) electrons. The molecule has 2 aromatic carbocycles. The van der Waals surface area contributed by atoms with E-state index in [1.165, 1.54) is 0 Å². The number of hydrogen-bond donors (Lipinski definition) is 0. The third kappa shape index (κ3) is 4.82. The topological polar surface area (TPSA) is 54.9 Å². The molecule has 4 rings (SSSR count). The smallest absolute Gasteiger partial charge is 0.260 e. The van der Waals surface area contributed by atoms with Gasteiger partial charge in [0.05, 0.1) is 16.8 Å². The molecule has 1 amide bonds. The average Bonchev–Trinajstić information content (AvgIpc) is 3.16. The van der Waals surface area contributed by atoms with Gasteiger partial charge in [0.2, 0.25) is 0 Å². The molecule has 0 spiro atoms. The van der Waals surface area contributed by atoms with Crippen molar-refractivity contribution in [2.75, 3.05) is 44.3 Å². The highest BCUT2D eigenvalue weighted by Crippen LogP contribution is 2.31. The van der Waals surface area contributed by atoms with Crippen LogP contribution in [-0.4, -0.2) is 55.2 Å². The summed E-state index contributed by atoms with van der Waals surface area (Å²) < 4.78 is 13.3. The molecule has 3 aromatic rings. The Balaban J connectivity index is 1.28. The zero-order valence-corrected chi connectivity index (χ0v) is 18.5. The van der Waals surface area contributed by atoms with Crippen molar-refractivity contribution in [3.05, 3.63) is 46.9 Å². The minimum absolute atomic E-state index is 0.00626. The fourth-order valence-corrected chi connectivity index (χ4v) is 4.77. The molecule has 152 valence electrons. The zero-order valence-electron chi connectivity index (χ0n) is 16.1. The number of ether oxygens (including phenoxy) is 2. The molecule has 2 heterocycles. The van der Waals surface area contributed by atoms with E-state index in [9.17, 15) is 4.79 Å². The summed E-state index contributed by atoms with van der Waals surface area (Å²) in [6.07, 6.45) is 0. The van der Waals surface area contributed by atoms with E-state index in [1.54, 1.807) is 11.3 Å². The standard InChI is InChI=1S/C21H22BrN3O3S/c1-2-27-16-4-6-17(7-5-16)28-14-20(26)24-9-11-25(12-10-24)21-23-18-8-3-15(22)13-19(18)29-21/h3-8,13H,2,9-12,14H2,1H3. The van der Waals surface area contributed by atoms with Crippen LogP contribution in [-0.2, 0) is 4.79 Å². The Morgan fingerprint density at radius 3 is 2.45 bits per heavy atom. The molecule has 0 N–H and O–H groups in total. The highest BCUT2D eigenvalue weighted by atomic mass is 79.9. The molecule has 0 saturated carbocycles. The Bertz CT molecular complexity index is 985. The quantitative estimate of drug-likeness (QED) is 0.534. The van der Waals surface area contributed by atoms with Crippen molar-refractivity contribution in [3.63, 3.8) is 0 Å². The van der Waals surface area contributed by atoms with Crippen LogP contribution in [0.4, 0.5) is 5.13 Å². The van der Waals surface area contributed by atoms with Crippen LogP contribution in [0.25, 0.3) is 10.2 Å². The van der Waals surface area contributed by atoms with Gasteiger partial charge in [-0.2, -0.15) is 0 Å². The lowest BCUT2D eigenvalue weighted by molar-refractivity contribution is -0.133. The molecule has 1 aliphatic rings. The van der Waals surface area contributed by atoms with Crippen LogP contribution in [0.2, 0.25) is 0 Å². The van der Waals surface area contributed by atoms with Gasteiger partial charge in [-0.3, -0.25) is 4.79 Å². The molecule has 1 aromatic heterocycles. The normalized spacial score (nSPS) is 14.3. The lowest BCUT2D eigenvalue weighted by Gasteiger charge is -2.34. The monoisotopic (exact) mass is 475 g/mol. The minimum Gasteiger partial charge on any atom is -0.494 e. The van der Waals surface area contributed by atoms with Crippen molar-refractivity contribution in [1.29, 1.82) is 0 Å². The number of thiazole rings is 1. The number of piperazine rings is 1. The Labute approximate surface area is 182 Å². The molecule has 8 heteroatoms. The Kier molecular flexibility index (Phi) is 6.20. The van der Waals surface area contributed by atoms with E-state index in [1.807, 2.05) is 48.2 Å². The van der Waals surface area contributed by atoms with Crippen LogP contribution in [0.15, 0.2) is 46.9 Å². The molecule has 0 unspecified atom stereocenters. The second-order valence-electron chi connectivity index (χ2n) is 6.67. The highest BCUT2D eigenvalue weighted by Gasteiger charge is 2.23. The Morgan fingerprint density at radius 1 is 1.07 bits per heavy atom. The predicted molar refractivity (Wildman–Crippen MR) is 119 cm³/mol. The summed E-state index contributed by atoms with van der Waals surface area (Å²) in [6.45, 7) is 5.50. The molecule has 29 heavy (non-hydrogen) atoms. The van der Waals surface area contributed by atoms with Gasteiger partial charge < -0.3 is 19.3 Å². The van der Waals surface area contributed by atoms with Gasteiger partial charge >= 0.3 is 0 Å². The van der Waals surface area contributed by atoms with Gasteiger partial charge in [-0.15, -0.1) is 0 Å². The highest BCUT2D eigenvalue weighted by molar-refractivity contribution is 9.10. The first-order valence-corrected chi connectivity index (χ1v) is 11.2. The van der Waals surface area contributed by atoms with Crippen LogP contribution in [0, 0.1) is 0 Å².